The summed E-state index contributed by atoms with van der Waals surface area (Å²) >= 11 is 0. The van der Waals surface area contributed by atoms with E-state index in [1.165, 1.54) is 35.7 Å². The Morgan fingerprint density at radius 3 is 2.83 bits per heavy atom. The van der Waals surface area contributed by atoms with Crippen LogP contribution in [0.3, 0.4) is 0 Å². The summed E-state index contributed by atoms with van der Waals surface area (Å²) in [6, 6.07) is 8.53. The molecule has 0 saturated carbocycles. The number of amides is 1. The fourth-order valence-corrected chi connectivity index (χ4v) is 2.84. The van der Waals surface area contributed by atoms with Crippen LogP contribution in [-0.4, -0.2) is 26.2 Å². The van der Waals surface area contributed by atoms with Gasteiger partial charge in [0.15, 0.2) is 0 Å². The molecule has 0 heterocycles. The number of fused-ring (bicyclic) bond motifs is 1. The van der Waals surface area contributed by atoms with Crippen LogP contribution in [0, 0.1) is 11.3 Å². The Morgan fingerprint density at radius 1 is 1.38 bits per heavy atom. The summed E-state index contributed by atoms with van der Waals surface area (Å²) in [5, 5.41) is 14.9. The summed E-state index contributed by atoms with van der Waals surface area (Å²) in [4.78, 5) is 11.9. The number of hydrogen-bond donors (Lipinski definition) is 2. The van der Waals surface area contributed by atoms with Crippen molar-refractivity contribution in [2.45, 2.75) is 38.6 Å². The van der Waals surface area contributed by atoms with Crippen molar-refractivity contribution < 1.29 is 9.53 Å². The van der Waals surface area contributed by atoms with E-state index in [4.69, 9.17) is 10.00 Å². The predicted molar refractivity (Wildman–Crippen MR) is 93.2 cm³/mol. The van der Waals surface area contributed by atoms with Crippen LogP contribution in [0.2, 0.25) is 0 Å². The van der Waals surface area contributed by atoms with Crippen LogP contribution in [0.4, 0.5) is 0 Å². The molecule has 0 aromatic heterocycles. The first-order valence-corrected chi connectivity index (χ1v) is 8.41. The molecule has 1 aromatic carbocycles. The number of hydrogen-bond acceptors (Lipinski definition) is 4. The smallest absolute Gasteiger partial charge is 0.263 e. The molecule has 1 amide bonds. The largest absolute Gasteiger partial charge is 0.383 e. The highest BCUT2D eigenvalue weighted by Crippen LogP contribution is 2.24. The van der Waals surface area contributed by atoms with E-state index >= 15 is 0 Å². The number of nitrogens with one attached hydrogen (secondary N) is 2. The Hall–Kier alpha value is -2.32. The molecule has 0 saturated heterocycles. The van der Waals surface area contributed by atoms with E-state index in [1.807, 2.05) is 13.0 Å². The van der Waals surface area contributed by atoms with Crippen LogP contribution < -0.4 is 10.6 Å². The molecular formula is C19H25N3O2. The highest BCUT2D eigenvalue weighted by Gasteiger charge is 2.13. The third kappa shape index (κ3) is 4.84. The first-order chi connectivity index (χ1) is 11.7. The lowest BCUT2D eigenvalue weighted by Crippen LogP contribution is -2.29. The van der Waals surface area contributed by atoms with Gasteiger partial charge in [0.25, 0.3) is 5.91 Å². The van der Waals surface area contributed by atoms with E-state index in [0.717, 1.165) is 12.8 Å². The summed E-state index contributed by atoms with van der Waals surface area (Å²) in [5.41, 5.74) is 4.11. The van der Waals surface area contributed by atoms with Gasteiger partial charge in [-0.2, -0.15) is 5.26 Å². The maximum Gasteiger partial charge on any atom is 0.263 e. The number of ether oxygens (including phenoxy) is 1. The lowest BCUT2D eigenvalue weighted by Gasteiger charge is -2.19. The average Bonchev–Trinajstić information content (AvgIpc) is 2.61. The molecular weight excluding hydrogens is 302 g/mol. The zero-order valence-corrected chi connectivity index (χ0v) is 14.4. The minimum Gasteiger partial charge on any atom is -0.383 e. The molecule has 0 aliphatic heterocycles. The van der Waals surface area contributed by atoms with Crippen molar-refractivity contribution in [2.24, 2.45) is 0 Å². The first-order valence-electron chi connectivity index (χ1n) is 8.41. The molecule has 1 aliphatic rings. The van der Waals surface area contributed by atoms with Crippen molar-refractivity contribution >= 4 is 5.91 Å². The number of carbonyl (C=O) groups is 1. The fraction of sp³-hybridized carbons (Fsp3) is 0.474. The van der Waals surface area contributed by atoms with Gasteiger partial charge in [-0.15, -0.1) is 0 Å². The highest BCUT2D eigenvalue weighted by atomic mass is 16.5. The second-order valence-electron chi connectivity index (χ2n) is 6.04. The average molecular weight is 327 g/mol. The Balaban J connectivity index is 1.98. The van der Waals surface area contributed by atoms with Crippen LogP contribution in [0.5, 0.6) is 0 Å². The predicted octanol–water partition coefficient (Wildman–Crippen LogP) is 2.39. The number of nitrogens with zero attached hydrogens (tertiary/aromatic N) is 1. The van der Waals surface area contributed by atoms with Gasteiger partial charge in [-0.25, -0.2) is 0 Å². The first kappa shape index (κ1) is 18.0. The molecule has 1 unspecified atom stereocenters. The van der Waals surface area contributed by atoms with Gasteiger partial charge in [0.1, 0.15) is 11.6 Å². The van der Waals surface area contributed by atoms with Crippen LogP contribution in [-0.2, 0) is 22.4 Å². The van der Waals surface area contributed by atoms with Crippen molar-refractivity contribution in [2.75, 3.05) is 20.3 Å². The number of benzene rings is 1. The van der Waals surface area contributed by atoms with Crippen molar-refractivity contribution in [1.82, 2.24) is 10.6 Å². The topological polar surface area (TPSA) is 74.1 Å². The molecule has 0 bridgehead atoms. The maximum absolute atomic E-state index is 11.9. The number of rotatable bonds is 7. The Morgan fingerprint density at radius 2 is 2.12 bits per heavy atom. The summed E-state index contributed by atoms with van der Waals surface area (Å²) in [5.74, 6) is -0.389. The van der Waals surface area contributed by atoms with Gasteiger partial charge < -0.3 is 15.4 Å². The molecule has 24 heavy (non-hydrogen) atoms. The SMILES string of the molecule is COCCNC(=O)/C(C#N)=C\NC(C)c1ccc2c(c1)CCCC2. The molecule has 5 heteroatoms. The molecule has 128 valence electrons. The molecule has 0 fully saturated rings. The zero-order chi connectivity index (χ0) is 17.4. The lowest BCUT2D eigenvalue weighted by atomic mass is 9.89. The minimum atomic E-state index is -0.389. The fourth-order valence-electron chi connectivity index (χ4n) is 2.84. The summed E-state index contributed by atoms with van der Waals surface area (Å²) in [6.07, 6.45) is 6.31. The van der Waals surface area contributed by atoms with Gasteiger partial charge in [0.05, 0.1) is 6.61 Å². The number of aryl methyl sites for hydroxylation is 2. The van der Waals surface area contributed by atoms with E-state index in [1.54, 1.807) is 7.11 Å². The minimum absolute atomic E-state index is 0.0346. The zero-order valence-electron chi connectivity index (χ0n) is 14.4. The van der Waals surface area contributed by atoms with Crippen molar-refractivity contribution in [3.8, 4) is 6.07 Å². The van der Waals surface area contributed by atoms with E-state index in [9.17, 15) is 4.79 Å². The second-order valence-corrected chi connectivity index (χ2v) is 6.04. The van der Waals surface area contributed by atoms with E-state index in [-0.39, 0.29) is 17.5 Å². The molecule has 2 rings (SSSR count). The van der Waals surface area contributed by atoms with Crippen molar-refractivity contribution in [3.05, 3.63) is 46.7 Å². The van der Waals surface area contributed by atoms with Gasteiger partial charge >= 0.3 is 0 Å². The van der Waals surface area contributed by atoms with Crippen LogP contribution in [0.1, 0.15) is 42.5 Å². The molecule has 0 spiro atoms. The van der Waals surface area contributed by atoms with Crippen LogP contribution >= 0.6 is 0 Å². The molecule has 1 aliphatic carbocycles. The molecule has 2 N–H and O–H groups in total. The van der Waals surface area contributed by atoms with Crippen LogP contribution in [0.25, 0.3) is 0 Å². The van der Waals surface area contributed by atoms with E-state index in [0.29, 0.717) is 13.2 Å². The highest BCUT2D eigenvalue weighted by molar-refractivity contribution is 5.97. The van der Waals surface area contributed by atoms with Gasteiger partial charge in [-0.3, -0.25) is 4.79 Å². The lowest BCUT2D eigenvalue weighted by molar-refractivity contribution is -0.117. The van der Waals surface area contributed by atoms with Gasteiger partial charge in [-0.05, 0) is 49.3 Å². The Labute approximate surface area is 143 Å². The quantitative estimate of drug-likeness (QED) is 0.458. The summed E-state index contributed by atoms with van der Waals surface area (Å²) in [7, 11) is 1.56. The van der Waals surface area contributed by atoms with Gasteiger partial charge in [0, 0.05) is 25.9 Å². The molecule has 0 radical (unpaired) electrons. The van der Waals surface area contributed by atoms with Gasteiger partial charge in [-0.1, -0.05) is 18.2 Å². The normalized spacial score (nSPS) is 15.1. The molecule has 1 atom stereocenters. The standard InChI is InChI=1S/C19H25N3O2/c1-14(16-8-7-15-5-3-4-6-17(15)11-16)22-13-18(12-20)19(23)21-9-10-24-2/h7-8,11,13-14,22H,3-6,9-10H2,1-2H3,(H,21,23)/b18-13-. The molecule has 5 nitrogen and oxygen atoms in total. The van der Waals surface area contributed by atoms with Gasteiger partial charge in [0.2, 0.25) is 0 Å². The number of carbonyl (C=O) groups excluding carboxylic acids is 1. The second kappa shape index (κ2) is 9.09. The Kier molecular flexibility index (Phi) is 6.83. The number of methoxy groups -OCH3 is 1. The molecule has 1 aromatic rings. The van der Waals surface area contributed by atoms with Crippen LogP contribution in [0.15, 0.2) is 30.0 Å². The third-order valence-corrected chi connectivity index (χ3v) is 4.31. The number of nitriles is 1. The van der Waals surface area contributed by atoms with Crippen molar-refractivity contribution in [1.29, 1.82) is 5.26 Å². The third-order valence-electron chi connectivity index (χ3n) is 4.31. The summed E-state index contributed by atoms with van der Waals surface area (Å²) in [6.45, 7) is 2.83. The Bertz CT molecular complexity index is 647. The van der Waals surface area contributed by atoms with E-state index < -0.39 is 0 Å². The summed E-state index contributed by atoms with van der Waals surface area (Å²) < 4.78 is 4.87. The van der Waals surface area contributed by atoms with E-state index in [2.05, 4.69) is 28.8 Å². The maximum atomic E-state index is 11.9. The monoisotopic (exact) mass is 327 g/mol. The van der Waals surface area contributed by atoms with Crippen molar-refractivity contribution in [3.63, 3.8) is 0 Å².